The minimum Gasteiger partial charge on any atom is -0.393 e. The van der Waals surface area contributed by atoms with E-state index in [4.69, 9.17) is 23.2 Å². The Labute approximate surface area is 122 Å². The van der Waals surface area contributed by atoms with Crippen molar-refractivity contribution in [2.75, 3.05) is 0 Å². The van der Waals surface area contributed by atoms with Gasteiger partial charge in [0.1, 0.15) is 5.82 Å². The Balaban J connectivity index is 1.94. The molecular formula is C14H16Cl2N2O. The van der Waals surface area contributed by atoms with E-state index in [1.807, 2.05) is 17.8 Å². The van der Waals surface area contributed by atoms with E-state index in [1.54, 1.807) is 24.4 Å². The van der Waals surface area contributed by atoms with E-state index in [1.165, 1.54) is 0 Å². The van der Waals surface area contributed by atoms with E-state index < -0.39 is 6.10 Å². The molecule has 102 valence electrons. The largest absolute Gasteiger partial charge is 0.393 e. The third-order valence-electron chi connectivity index (χ3n) is 3.12. The molecule has 0 aliphatic heterocycles. The molecule has 1 aromatic heterocycles. The fourth-order valence-electron chi connectivity index (χ4n) is 2.00. The molecule has 0 spiro atoms. The van der Waals surface area contributed by atoms with Gasteiger partial charge in [-0.25, -0.2) is 4.98 Å². The standard InChI is InChI=1S/C14H16Cl2N2O/c1-18-8-7-17-14(18)6-5-10(19)9-11-12(15)3-2-4-13(11)16/h2-4,7-8,10,19H,5-6,9H2,1H3. The van der Waals surface area contributed by atoms with Gasteiger partial charge in [-0.05, 0) is 24.1 Å². The van der Waals surface area contributed by atoms with Gasteiger partial charge in [0.05, 0.1) is 6.10 Å². The Hall–Kier alpha value is -1.03. The van der Waals surface area contributed by atoms with Gasteiger partial charge in [0.2, 0.25) is 0 Å². The van der Waals surface area contributed by atoms with Crippen LogP contribution in [0.4, 0.5) is 0 Å². The van der Waals surface area contributed by atoms with Crippen molar-refractivity contribution in [2.24, 2.45) is 7.05 Å². The third kappa shape index (κ3) is 3.72. The quantitative estimate of drug-likeness (QED) is 0.920. The van der Waals surface area contributed by atoms with Gasteiger partial charge in [-0.3, -0.25) is 0 Å². The van der Waals surface area contributed by atoms with Crippen molar-refractivity contribution < 1.29 is 5.11 Å². The topological polar surface area (TPSA) is 38.0 Å². The molecule has 3 nitrogen and oxygen atoms in total. The predicted octanol–water partition coefficient (Wildman–Crippen LogP) is 3.26. The van der Waals surface area contributed by atoms with Crippen LogP contribution < -0.4 is 0 Å². The Bertz CT molecular complexity index is 534. The van der Waals surface area contributed by atoms with Crippen LogP contribution in [0.25, 0.3) is 0 Å². The normalized spacial score (nSPS) is 12.6. The van der Waals surface area contributed by atoms with E-state index in [0.29, 0.717) is 22.9 Å². The van der Waals surface area contributed by atoms with Gasteiger partial charge < -0.3 is 9.67 Å². The minimum atomic E-state index is -0.478. The lowest BCUT2D eigenvalue weighted by atomic mass is 10.0. The van der Waals surface area contributed by atoms with Crippen molar-refractivity contribution in [3.63, 3.8) is 0 Å². The molecule has 2 rings (SSSR count). The Morgan fingerprint density at radius 2 is 2.00 bits per heavy atom. The van der Waals surface area contributed by atoms with Gasteiger partial charge in [-0.2, -0.15) is 0 Å². The zero-order valence-corrected chi connectivity index (χ0v) is 12.2. The van der Waals surface area contributed by atoms with Crippen molar-refractivity contribution in [3.05, 3.63) is 52.0 Å². The van der Waals surface area contributed by atoms with Gasteiger partial charge >= 0.3 is 0 Å². The first-order valence-electron chi connectivity index (χ1n) is 6.15. The van der Waals surface area contributed by atoms with Crippen LogP contribution in [0.1, 0.15) is 17.8 Å². The first-order valence-corrected chi connectivity index (χ1v) is 6.90. The molecule has 5 heteroatoms. The number of imidazole rings is 1. The molecule has 0 bridgehead atoms. The van der Waals surface area contributed by atoms with Gasteiger partial charge in [-0.15, -0.1) is 0 Å². The lowest BCUT2D eigenvalue weighted by molar-refractivity contribution is 0.164. The van der Waals surface area contributed by atoms with Gasteiger partial charge in [0.25, 0.3) is 0 Å². The number of hydrogen-bond acceptors (Lipinski definition) is 2. The molecule has 0 saturated heterocycles. The van der Waals surface area contributed by atoms with Crippen molar-refractivity contribution in [2.45, 2.75) is 25.4 Å². The summed E-state index contributed by atoms with van der Waals surface area (Å²) in [6, 6.07) is 5.37. The van der Waals surface area contributed by atoms with Crippen LogP contribution in [0, 0.1) is 0 Å². The fraction of sp³-hybridized carbons (Fsp3) is 0.357. The summed E-state index contributed by atoms with van der Waals surface area (Å²) in [4.78, 5) is 4.23. The molecular weight excluding hydrogens is 283 g/mol. The number of aliphatic hydroxyl groups is 1. The molecule has 0 aliphatic rings. The molecule has 1 N–H and O–H groups in total. The highest BCUT2D eigenvalue weighted by atomic mass is 35.5. The number of hydrogen-bond donors (Lipinski definition) is 1. The van der Waals surface area contributed by atoms with Gasteiger partial charge in [-0.1, -0.05) is 29.3 Å². The average molecular weight is 299 g/mol. The average Bonchev–Trinajstić information content (AvgIpc) is 2.77. The lowest BCUT2D eigenvalue weighted by Crippen LogP contribution is -2.13. The second-order valence-corrected chi connectivity index (χ2v) is 5.37. The van der Waals surface area contributed by atoms with Crippen LogP contribution in [0.5, 0.6) is 0 Å². The Morgan fingerprint density at radius 3 is 2.58 bits per heavy atom. The molecule has 1 unspecified atom stereocenters. The highest BCUT2D eigenvalue weighted by Gasteiger charge is 2.12. The number of rotatable bonds is 5. The molecule has 0 fully saturated rings. The maximum atomic E-state index is 10.1. The fourth-order valence-corrected chi connectivity index (χ4v) is 2.55. The minimum absolute atomic E-state index is 0.461. The zero-order chi connectivity index (χ0) is 13.8. The Morgan fingerprint density at radius 1 is 1.32 bits per heavy atom. The molecule has 2 aromatic rings. The van der Waals surface area contributed by atoms with E-state index in [9.17, 15) is 5.11 Å². The number of halogens is 2. The van der Waals surface area contributed by atoms with Crippen molar-refractivity contribution >= 4 is 23.2 Å². The molecule has 0 aliphatic carbocycles. The van der Waals surface area contributed by atoms with E-state index in [0.717, 1.165) is 17.8 Å². The third-order valence-corrected chi connectivity index (χ3v) is 3.83. The van der Waals surface area contributed by atoms with Crippen LogP contribution in [0.2, 0.25) is 10.0 Å². The molecule has 19 heavy (non-hydrogen) atoms. The summed E-state index contributed by atoms with van der Waals surface area (Å²) in [5.41, 5.74) is 0.804. The monoisotopic (exact) mass is 298 g/mol. The summed E-state index contributed by atoms with van der Waals surface area (Å²) in [5.74, 6) is 0.962. The van der Waals surface area contributed by atoms with Crippen LogP contribution in [0.3, 0.4) is 0 Å². The Kier molecular flexibility index (Phi) is 4.86. The van der Waals surface area contributed by atoms with E-state index in [2.05, 4.69) is 4.98 Å². The van der Waals surface area contributed by atoms with E-state index >= 15 is 0 Å². The van der Waals surface area contributed by atoms with Gasteiger partial charge in [0.15, 0.2) is 0 Å². The maximum absolute atomic E-state index is 10.1. The molecule has 1 atom stereocenters. The smallest absolute Gasteiger partial charge is 0.108 e. The lowest BCUT2D eigenvalue weighted by Gasteiger charge is -2.13. The van der Waals surface area contributed by atoms with Crippen molar-refractivity contribution in [3.8, 4) is 0 Å². The molecule has 1 heterocycles. The summed E-state index contributed by atoms with van der Waals surface area (Å²) in [6.45, 7) is 0. The number of aromatic nitrogens is 2. The number of aryl methyl sites for hydroxylation is 2. The first kappa shape index (κ1) is 14.4. The first-order chi connectivity index (χ1) is 9.08. The maximum Gasteiger partial charge on any atom is 0.108 e. The molecule has 0 amide bonds. The molecule has 0 radical (unpaired) electrons. The summed E-state index contributed by atoms with van der Waals surface area (Å²) >= 11 is 12.2. The van der Waals surface area contributed by atoms with Crippen LogP contribution in [0.15, 0.2) is 30.6 Å². The second-order valence-electron chi connectivity index (χ2n) is 4.55. The summed E-state index contributed by atoms with van der Waals surface area (Å²) in [5, 5.41) is 11.3. The number of nitrogens with zero attached hydrogens (tertiary/aromatic N) is 2. The highest BCUT2D eigenvalue weighted by Crippen LogP contribution is 2.26. The number of aliphatic hydroxyl groups excluding tert-OH is 1. The summed E-state index contributed by atoms with van der Waals surface area (Å²) in [6.07, 6.45) is 5.00. The highest BCUT2D eigenvalue weighted by molar-refractivity contribution is 6.35. The number of benzene rings is 1. The van der Waals surface area contributed by atoms with Crippen molar-refractivity contribution in [1.29, 1.82) is 0 Å². The SMILES string of the molecule is Cn1ccnc1CCC(O)Cc1c(Cl)cccc1Cl. The summed E-state index contributed by atoms with van der Waals surface area (Å²) in [7, 11) is 1.94. The summed E-state index contributed by atoms with van der Waals surface area (Å²) < 4.78 is 1.95. The zero-order valence-electron chi connectivity index (χ0n) is 10.7. The second kappa shape index (κ2) is 6.42. The molecule has 1 aromatic carbocycles. The van der Waals surface area contributed by atoms with Crippen LogP contribution in [-0.4, -0.2) is 20.8 Å². The van der Waals surface area contributed by atoms with Crippen molar-refractivity contribution in [1.82, 2.24) is 9.55 Å². The van der Waals surface area contributed by atoms with Crippen LogP contribution in [-0.2, 0) is 19.9 Å². The van der Waals surface area contributed by atoms with Crippen LogP contribution >= 0.6 is 23.2 Å². The van der Waals surface area contributed by atoms with E-state index in [-0.39, 0.29) is 0 Å². The predicted molar refractivity (Wildman–Crippen MR) is 77.7 cm³/mol. The van der Waals surface area contributed by atoms with Gasteiger partial charge in [0, 0.05) is 42.3 Å². The molecule has 0 saturated carbocycles.